The Morgan fingerprint density at radius 3 is 3.00 bits per heavy atom. The summed E-state index contributed by atoms with van der Waals surface area (Å²) in [6.07, 6.45) is 1.83. The van der Waals surface area contributed by atoms with Gasteiger partial charge in [0.05, 0.1) is 12.0 Å². The third kappa shape index (κ3) is 2.29. The number of carbonyl (C=O) groups excluding carboxylic acids is 1. The molecule has 3 rings (SSSR count). The molecule has 2 aromatic rings. The number of nitrogens with one attached hydrogen (secondary N) is 1. The Kier molecular flexibility index (Phi) is 3.21. The number of benzene rings is 1. The summed E-state index contributed by atoms with van der Waals surface area (Å²) in [4.78, 5) is 11.8. The molecular formula is C15H13FN2O3. The SMILES string of the molecule is C[C@@H]1C/C(=N\NC(=O)c2ccco2)c2c(O)ccc(F)c21. The van der Waals surface area contributed by atoms with E-state index in [9.17, 15) is 14.3 Å². The molecule has 108 valence electrons. The molecule has 0 unspecified atom stereocenters. The lowest BCUT2D eigenvalue weighted by Crippen LogP contribution is -2.18. The lowest BCUT2D eigenvalue weighted by Gasteiger charge is -2.06. The van der Waals surface area contributed by atoms with Crippen molar-refractivity contribution >= 4 is 11.6 Å². The average molecular weight is 288 g/mol. The average Bonchev–Trinajstić information content (AvgIpc) is 3.09. The molecule has 1 aromatic heterocycles. The lowest BCUT2D eigenvalue weighted by atomic mass is 10.0. The molecule has 0 aliphatic heterocycles. The van der Waals surface area contributed by atoms with E-state index in [1.165, 1.54) is 24.5 Å². The van der Waals surface area contributed by atoms with E-state index in [2.05, 4.69) is 10.5 Å². The van der Waals surface area contributed by atoms with Crippen LogP contribution in [0.5, 0.6) is 5.75 Å². The molecule has 1 aliphatic rings. The van der Waals surface area contributed by atoms with Crippen LogP contribution in [0.4, 0.5) is 4.39 Å². The van der Waals surface area contributed by atoms with Gasteiger partial charge in [-0.25, -0.2) is 9.82 Å². The number of hydrogen-bond donors (Lipinski definition) is 2. The predicted molar refractivity (Wildman–Crippen MR) is 73.8 cm³/mol. The third-order valence-electron chi connectivity index (χ3n) is 3.49. The van der Waals surface area contributed by atoms with Crippen molar-refractivity contribution in [3.63, 3.8) is 0 Å². The van der Waals surface area contributed by atoms with E-state index in [0.29, 0.717) is 23.3 Å². The topological polar surface area (TPSA) is 74.8 Å². The fraction of sp³-hybridized carbons (Fsp3) is 0.200. The highest BCUT2D eigenvalue weighted by Gasteiger charge is 2.30. The summed E-state index contributed by atoms with van der Waals surface area (Å²) in [7, 11) is 0. The number of amides is 1. The van der Waals surface area contributed by atoms with Crippen molar-refractivity contribution in [1.82, 2.24) is 5.43 Å². The van der Waals surface area contributed by atoms with Gasteiger partial charge in [-0.3, -0.25) is 4.79 Å². The molecule has 2 N–H and O–H groups in total. The smallest absolute Gasteiger partial charge is 0.307 e. The van der Waals surface area contributed by atoms with Crippen molar-refractivity contribution in [2.75, 3.05) is 0 Å². The van der Waals surface area contributed by atoms with Crippen molar-refractivity contribution in [3.05, 3.63) is 53.2 Å². The van der Waals surface area contributed by atoms with Crippen molar-refractivity contribution in [2.24, 2.45) is 5.10 Å². The number of nitrogens with zero attached hydrogens (tertiary/aromatic N) is 1. The summed E-state index contributed by atoms with van der Waals surface area (Å²) < 4.78 is 18.8. The standard InChI is InChI=1S/C15H13FN2O3/c1-8-7-10(14-11(19)5-4-9(16)13(8)14)17-18-15(20)12-3-2-6-21-12/h2-6,8,19H,7H2,1H3,(H,18,20)/b17-10+/t8-/m1/s1. The summed E-state index contributed by atoms with van der Waals surface area (Å²) in [6.45, 7) is 1.85. The number of halogens is 1. The van der Waals surface area contributed by atoms with Crippen LogP contribution in [0.15, 0.2) is 40.0 Å². The molecule has 21 heavy (non-hydrogen) atoms. The predicted octanol–water partition coefficient (Wildman–Crippen LogP) is 2.77. The van der Waals surface area contributed by atoms with Crippen LogP contribution in [0.25, 0.3) is 0 Å². The molecule has 1 atom stereocenters. The minimum Gasteiger partial charge on any atom is -0.507 e. The monoisotopic (exact) mass is 288 g/mol. The zero-order chi connectivity index (χ0) is 15.0. The van der Waals surface area contributed by atoms with Crippen molar-refractivity contribution in [2.45, 2.75) is 19.3 Å². The third-order valence-corrected chi connectivity index (χ3v) is 3.49. The van der Waals surface area contributed by atoms with Gasteiger partial charge in [-0.15, -0.1) is 0 Å². The van der Waals surface area contributed by atoms with Crippen LogP contribution < -0.4 is 5.43 Å². The molecule has 0 fully saturated rings. The van der Waals surface area contributed by atoms with E-state index < -0.39 is 5.91 Å². The van der Waals surface area contributed by atoms with Gasteiger partial charge in [0.15, 0.2) is 5.76 Å². The Hall–Kier alpha value is -2.63. The molecule has 0 bridgehead atoms. The van der Waals surface area contributed by atoms with Gasteiger partial charge in [0.1, 0.15) is 11.6 Å². The van der Waals surface area contributed by atoms with Gasteiger partial charge >= 0.3 is 5.91 Å². The van der Waals surface area contributed by atoms with Gasteiger partial charge in [-0.1, -0.05) is 6.92 Å². The summed E-state index contributed by atoms with van der Waals surface area (Å²) in [5.41, 5.74) is 3.60. The lowest BCUT2D eigenvalue weighted by molar-refractivity contribution is 0.0927. The molecule has 1 heterocycles. The Morgan fingerprint density at radius 1 is 1.48 bits per heavy atom. The van der Waals surface area contributed by atoms with E-state index in [-0.39, 0.29) is 23.2 Å². The van der Waals surface area contributed by atoms with Crippen LogP contribution in [-0.4, -0.2) is 16.7 Å². The Labute approximate surface area is 120 Å². The quantitative estimate of drug-likeness (QED) is 0.834. The molecular weight excluding hydrogens is 275 g/mol. The summed E-state index contributed by atoms with van der Waals surface area (Å²) in [5, 5.41) is 13.9. The number of phenols is 1. The molecule has 5 nitrogen and oxygen atoms in total. The second-order valence-corrected chi connectivity index (χ2v) is 4.94. The fourth-order valence-electron chi connectivity index (χ4n) is 2.54. The zero-order valence-electron chi connectivity index (χ0n) is 11.3. The van der Waals surface area contributed by atoms with E-state index in [4.69, 9.17) is 4.42 Å². The molecule has 6 heteroatoms. The van der Waals surface area contributed by atoms with E-state index in [0.717, 1.165) is 0 Å². The largest absolute Gasteiger partial charge is 0.507 e. The number of rotatable bonds is 2. The van der Waals surface area contributed by atoms with Crippen LogP contribution in [0, 0.1) is 5.82 Å². The first kappa shape index (κ1) is 13.4. The fourth-order valence-corrected chi connectivity index (χ4v) is 2.54. The van der Waals surface area contributed by atoms with Gasteiger partial charge in [-0.2, -0.15) is 5.10 Å². The maximum Gasteiger partial charge on any atom is 0.307 e. The molecule has 0 saturated carbocycles. The summed E-state index contributed by atoms with van der Waals surface area (Å²) >= 11 is 0. The van der Waals surface area contributed by atoms with Gasteiger partial charge in [0, 0.05) is 11.1 Å². The molecule has 0 spiro atoms. The minimum absolute atomic E-state index is 0.0400. The molecule has 0 saturated heterocycles. The number of carbonyl (C=O) groups is 1. The number of fused-ring (bicyclic) bond motifs is 1. The number of phenolic OH excluding ortho intramolecular Hbond substituents is 1. The highest BCUT2D eigenvalue weighted by atomic mass is 19.1. The highest BCUT2D eigenvalue weighted by Crippen LogP contribution is 2.39. The van der Waals surface area contributed by atoms with Crippen molar-refractivity contribution in [3.8, 4) is 5.75 Å². The van der Waals surface area contributed by atoms with Crippen LogP contribution >= 0.6 is 0 Å². The Morgan fingerprint density at radius 2 is 2.29 bits per heavy atom. The Bertz CT molecular complexity index is 723. The van der Waals surface area contributed by atoms with Crippen LogP contribution in [0.1, 0.15) is 40.9 Å². The van der Waals surface area contributed by atoms with E-state index in [1.807, 2.05) is 6.92 Å². The minimum atomic E-state index is -0.496. The number of hydrazone groups is 1. The number of aromatic hydroxyl groups is 1. The first-order valence-electron chi connectivity index (χ1n) is 6.50. The summed E-state index contributed by atoms with van der Waals surface area (Å²) in [5.74, 6) is -0.885. The molecule has 1 aliphatic carbocycles. The molecule has 1 amide bonds. The van der Waals surface area contributed by atoms with Gasteiger partial charge in [-0.05, 0) is 36.6 Å². The van der Waals surface area contributed by atoms with Crippen LogP contribution in [-0.2, 0) is 0 Å². The highest BCUT2D eigenvalue weighted by molar-refractivity contribution is 6.08. The number of furan rings is 1. The van der Waals surface area contributed by atoms with Gasteiger partial charge in [0.25, 0.3) is 0 Å². The van der Waals surface area contributed by atoms with Crippen LogP contribution in [0.2, 0.25) is 0 Å². The van der Waals surface area contributed by atoms with E-state index >= 15 is 0 Å². The summed E-state index contributed by atoms with van der Waals surface area (Å²) in [6, 6.07) is 5.62. The van der Waals surface area contributed by atoms with Gasteiger partial charge in [0.2, 0.25) is 0 Å². The first-order chi connectivity index (χ1) is 10.1. The van der Waals surface area contributed by atoms with Crippen LogP contribution in [0.3, 0.4) is 0 Å². The zero-order valence-corrected chi connectivity index (χ0v) is 11.3. The van der Waals surface area contributed by atoms with Gasteiger partial charge < -0.3 is 9.52 Å². The van der Waals surface area contributed by atoms with Crippen molar-refractivity contribution < 1.29 is 18.7 Å². The van der Waals surface area contributed by atoms with E-state index in [1.54, 1.807) is 6.07 Å². The van der Waals surface area contributed by atoms with Crippen molar-refractivity contribution in [1.29, 1.82) is 0 Å². The first-order valence-corrected chi connectivity index (χ1v) is 6.50. The maximum absolute atomic E-state index is 13.8. The maximum atomic E-state index is 13.8. The number of hydrogen-bond acceptors (Lipinski definition) is 4. The second-order valence-electron chi connectivity index (χ2n) is 4.94. The Balaban J connectivity index is 1.91. The normalized spacial score (nSPS) is 18.8. The molecule has 0 radical (unpaired) electrons. The second kappa shape index (κ2) is 5.05. The molecule has 1 aromatic carbocycles.